The van der Waals surface area contributed by atoms with E-state index in [-0.39, 0.29) is 18.7 Å². The number of hydrogen-bond acceptors (Lipinski definition) is 2. The van der Waals surface area contributed by atoms with Crippen molar-refractivity contribution < 1.29 is 23.1 Å². The Morgan fingerprint density at radius 1 is 1.26 bits per heavy atom. The lowest BCUT2D eigenvalue weighted by Crippen LogP contribution is -2.36. The number of rotatable bonds is 5. The van der Waals surface area contributed by atoms with Gasteiger partial charge >= 0.3 is 0 Å². The Morgan fingerprint density at radius 2 is 1.95 bits per heavy atom. The Labute approximate surface area is 108 Å². The van der Waals surface area contributed by atoms with Crippen LogP contribution in [0.1, 0.15) is 24.8 Å². The summed E-state index contributed by atoms with van der Waals surface area (Å²) in [5.41, 5.74) is -1.19. The lowest BCUT2D eigenvalue weighted by atomic mass is 9.94. The zero-order valence-corrected chi connectivity index (χ0v) is 10.2. The second-order valence-corrected chi connectivity index (χ2v) is 4.64. The average Bonchev–Trinajstić information content (AvgIpc) is 3.18. The van der Waals surface area contributed by atoms with E-state index in [4.69, 9.17) is 5.11 Å². The third-order valence-electron chi connectivity index (χ3n) is 3.36. The summed E-state index contributed by atoms with van der Waals surface area (Å²) in [5.74, 6) is -4.52. The fraction of sp³-hybridized carbons (Fsp3) is 0.462. The van der Waals surface area contributed by atoms with E-state index in [2.05, 4.69) is 5.32 Å². The minimum absolute atomic E-state index is 0.0627. The van der Waals surface area contributed by atoms with Crippen molar-refractivity contribution in [2.24, 2.45) is 0 Å². The number of carbonyl (C=O) groups is 1. The Balaban J connectivity index is 2.21. The minimum Gasteiger partial charge on any atom is -0.396 e. The lowest BCUT2D eigenvalue weighted by Gasteiger charge is -2.16. The molecule has 0 aliphatic heterocycles. The molecule has 1 aliphatic rings. The fourth-order valence-corrected chi connectivity index (χ4v) is 2.09. The zero-order chi connectivity index (χ0) is 14.0. The number of carbonyl (C=O) groups excluding carboxylic acids is 1. The van der Waals surface area contributed by atoms with Crippen LogP contribution in [-0.4, -0.2) is 24.2 Å². The van der Waals surface area contributed by atoms with Crippen molar-refractivity contribution >= 4 is 5.91 Å². The van der Waals surface area contributed by atoms with Gasteiger partial charge in [-0.3, -0.25) is 4.79 Å². The first-order valence-corrected chi connectivity index (χ1v) is 6.06. The van der Waals surface area contributed by atoms with Crippen molar-refractivity contribution in [2.75, 3.05) is 13.2 Å². The molecule has 2 N–H and O–H groups in total. The zero-order valence-electron chi connectivity index (χ0n) is 10.2. The molecule has 6 heteroatoms. The first kappa shape index (κ1) is 13.9. The van der Waals surface area contributed by atoms with E-state index in [0.29, 0.717) is 19.3 Å². The lowest BCUT2D eigenvalue weighted by molar-refractivity contribution is -0.123. The van der Waals surface area contributed by atoms with E-state index >= 15 is 0 Å². The standard InChI is InChI=1S/C13H14F3NO2/c14-9-3-2-8(10(15)11(9)16)13(4-5-13)12(19)17-6-1-7-18/h2-3,18H,1,4-7H2,(H,17,19). The van der Waals surface area contributed by atoms with Gasteiger partial charge in [0.25, 0.3) is 0 Å². The molecule has 0 aromatic heterocycles. The molecule has 19 heavy (non-hydrogen) atoms. The van der Waals surface area contributed by atoms with Gasteiger partial charge in [-0.15, -0.1) is 0 Å². The number of amides is 1. The summed E-state index contributed by atoms with van der Waals surface area (Å²) in [7, 11) is 0. The number of aliphatic hydroxyl groups is 1. The van der Waals surface area contributed by atoms with Crippen molar-refractivity contribution in [3.05, 3.63) is 35.1 Å². The summed E-state index contributed by atoms with van der Waals surface area (Å²) in [6, 6.07) is 1.95. The van der Waals surface area contributed by atoms with Crippen molar-refractivity contribution in [1.82, 2.24) is 5.32 Å². The molecular formula is C13H14F3NO2. The van der Waals surface area contributed by atoms with Crippen LogP contribution in [0.2, 0.25) is 0 Å². The van der Waals surface area contributed by atoms with Crippen LogP contribution in [0, 0.1) is 17.5 Å². The van der Waals surface area contributed by atoms with E-state index in [1.165, 1.54) is 0 Å². The molecule has 0 radical (unpaired) electrons. The summed E-state index contributed by atoms with van der Waals surface area (Å²) >= 11 is 0. The van der Waals surface area contributed by atoms with Gasteiger partial charge in [0.05, 0.1) is 5.41 Å². The quantitative estimate of drug-likeness (QED) is 0.633. The highest BCUT2D eigenvalue weighted by molar-refractivity contribution is 5.91. The topological polar surface area (TPSA) is 49.3 Å². The van der Waals surface area contributed by atoms with Crippen LogP contribution in [0.25, 0.3) is 0 Å². The van der Waals surface area contributed by atoms with E-state index in [1.807, 2.05) is 0 Å². The molecule has 0 heterocycles. The molecule has 0 bridgehead atoms. The monoisotopic (exact) mass is 273 g/mol. The van der Waals surface area contributed by atoms with E-state index in [9.17, 15) is 18.0 Å². The van der Waals surface area contributed by atoms with Gasteiger partial charge < -0.3 is 10.4 Å². The second kappa shape index (κ2) is 5.21. The third kappa shape index (κ3) is 2.45. The van der Waals surface area contributed by atoms with Crippen LogP contribution in [0.15, 0.2) is 12.1 Å². The van der Waals surface area contributed by atoms with Gasteiger partial charge in [0.1, 0.15) is 0 Å². The van der Waals surface area contributed by atoms with Crippen molar-refractivity contribution in [3.8, 4) is 0 Å². The summed E-state index contributed by atoms with van der Waals surface area (Å²) in [4.78, 5) is 12.0. The first-order valence-electron chi connectivity index (χ1n) is 6.06. The highest BCUT2D eigenvalue weighted by atomic mass is 19.2. The van der Waals surface area contributed by atoms with E-state index in [0.717, 1.165) is 12.1 Å². The second-order valence-electron chi connectivity index (χ2n) is 4.64. The molecule has 104 valence electrons. The number of hydrogen-bond donors (Lipinski definition) is 2. The average molecular weight is 273 g/mol. The Hall–Kier alpha value is -1.56. The Morgan fingerprint density at radius 3 is 2.53 bits per heavy atom. The molecule has 0 unspecified atom stereocenters. The highest BCUT2D eigenvalue weighted by Crippen LogP contribution is 2.49. The van der Waals surface area contributed by atoms with Crippen LogP contribution in [0.4, 0.5) is 13.2 Å². The third-order valence-corrected chi connectivity index (χ3v) is 3.36. The SMILES string of the molecule is O=C(NCCCO)C1(c2ccc(F)c(F)c2F)CC1. The molecule has 2 rings (SSSR count). The van der Waals surface area contributed by atoms with E-state index < -0.39 is 28.8 Å². The molecule has 3 nitrogen and oxygen atoms in total. The molecule has 1 aromatic carbocycles. The summed E-state index contributed by atoms with van der Waals surface area (Å²) < 4.78 is 39.8. The summed E-state index contributed by atoms with van der Waals surface area (Å²) in [5, 5.41) is 11.2. The Bertz CT molecular complexity index is 501. The van der Waals surface area contributed by atoms with Crippen LogP contribution in [0.3, 0.4) is 0 Å². The fourth-order valence-electron chi connectivity index (χ4n) is 2.09. The normalized spacial score (nSPS) is 16.2. The number of aliphatic hydroxyl groups excluding tert-OH is 1. The van der Waals surface area contributed by atoms with Gasteiger partial charge in [-0.25, -0.2) is 13.2 Å². The van der Waals surface area contributed by atoms with Gasteiger partial charge in [-0.1, -0.05) is 6.07 Å². The maximum absolute atomic E-state index is 13.7. The molecule has 1 aliphatic carbocycles. The maximum atomic E-state index is 13.7. The smallest absolute Gasteiger partial charge is 0.230 e. The summed E-state index contributed by atoms with van der Waals surface area (Å²) in [6.07, 6.45) is 1.20. The number of halogens is 3. The van der Waals surface area contributed by atoms with Gasteiger partial charge in [0.15, 0.2) is 17.5 Å². The van der Waals surface area contributed by atoms with Crippen molar-refractivity contribution in [3.63, 3.8) is 0 Å². The molecule has 0 atom stereocenters. The maximum Gasteiger partial charge on any atom is 0.230 e. The largest absolute Gasteiger partial charge is 0.396 e. The molecule has 1 aromatic rings. The van der Waals surface area contributed by atoms with Gasteiger partial charge in [0, 0.05) is 18.7 Å². The van der Waals surface area contributed by atoms with Gasteiger partial charge in [0.2, 0.25) is 5.91 Å². The highest BCUT2D eigenvalue weighted by Gasteiger charge is 2.53. The van der Waals surface area contributed by atoms with Gasteiger partial charge in [-0.2, -0.15) is 0 Å². The van der Waals surface area contributed by atoms with Crippen LogP contribution < -0.4 is 5.32 Å². The molecule has 0 spiro atoms. The number of benzene rings is 1. The van der Waals surface area contributed by atoms with Crippen molar-refractivity contribution in [1.29, 1.82) is 0 Å². The Kier molecular flexibility index (Phi) is 3.80. The molecule has 1 fully saturated rings. The molecule has 1 saturated carbocycles. The number of nitrogens with one attached hydrogen (secondary N) is 1. The predicted octanol–water partition coefficient (Wildman–Crippen LogP) is 1.63. The van der Waals surface area contributed by atoms with Crippen LogP contribution in [0.5, 0.6) is 0 Å². The van der Waals surface area contributed by atoms with Crippen LogP contribution >= 0.6 is 0 Å². The molecule has 0 saturated heterocycles. The molecular weight excluding hydrogens is 259 g/mol. The molecule has 1 amide bonds. The predicted molar refractivity (Wildman–Crippen MR) is 61.9 cm³/mol. The minimum atomic E-state index is -1.55. The van der Waals surface area contributed by atoms with Gasteiger partial charge in [-0.05, 0) is 25.3 Å². The van der Waals surface area contributed by atoms with Crippen molar-refractivity contribution in [2.45, 2.75) is 24.7 Å². The summed E-state index contributed by atoms with van der Waals surface area (Å²) in [6.45, 7) is 0.204. The van der Waals surface area contributed by atoms with Crippen LogP contribution in [-0.2, 0) is 10.2 Å². The van der Waals surface area contributed by atoms with E-state index in [1.54, 1.807) is 0 Å². The first-order chi connectivity index (χ1) is 9.03.